The summed E-state index contributed by atoms with van der Waals surface area (Å²) in [5.74, 6) is 0.774. The van der Waals surface area contributed by atoms with Gasteiger partial charge in [-0.05, 0) is 60.4 Å². The maximum Gasteiger partial charge on any atom is 0.262 e. The smallest absolute Gasteiger partial charge is 0.262 e. The van der Waals surface area contributed by atoms with Gasteiger partial charge >= 0.3 is 0 Å². The molecule has 1 atom stereocenters. The molecule has 31 heavy (non-hydrogen) atoms. The third kappa shape index (κ3) is 5.04. The second-order valence-corrected chi connectivity index (χ2v) is 7.36. The number of anilines is 1. The summed E-state index contributed by atoms with van der Waals surface area (Å²) in [6.07, 6.45) is 1.89. The van der Waals surface area contributed by atoms with Crippen molar-refractivity contribution in [1.29, 1.82) is 0 Å². The number of aryl methyl sites for hydroxylation is 1. The summed E-state index contributed by atoms with van der Waals surface area (Å²) < 4.78 is 10.7. The topological polar surface area (TPSA) is 76.7 Å². The molecule has 3 aromatic rings. The molecule has 0 saturated heterocycles. The Kier molecular flexibility index (Phi) is 6.17. The zero-order valence-electron chi connectivity index (χ0n) is 17.3. The highest BCUT2D eigenvalue weighted by Crippen LogP contribution is 2.31. The van der Waals surface area contributed by atoms with E-state index in [-0.39, 0.29) is 24.5 Å². The van der Waals surface area contributed by atoms with Crippen molar-refractivity contribution < 1.29 is 19.1 Å². The number of carbonyl (C=O) groups is 2. The largest absolute Gasteiger partial charge is 0.497 e. The lowest BCUT2D eigenvalue weighted by Crippen LogP contribution is -2.27. The Labute approximate surface area is 181 Å². The fourth-order valence-corrected chi connectivity index (χ4v) is 3.70. The Morgan fingerprint density at radius 3 is 2.58 bits per heavy atom. The molecule has 2 N–H and O–H groups in total. The van der Waals surface area contributed by atoms with E-state index in [9.17, 15) is 9.59 Å². The van der Waals surface area contributed by atoms with E-state index in [2.05, 4.69) is 22.8 Å². The van der Waals surface area contributed by atoms with Crippen LogP contribution in [0.25, 0.3) is 0 Å². The van der Waals surface area contributed by atoms with Crippen molar-refractivity contribution in [3.63, 3.8) is 0 Å². The van der Waals surface area contributed by atoms with Gasteiger partial charge in [-0.15, -0.1) is 0 Å². The molecule has 0 aliphatic heterocycles. The number of carbonyl (C=O) groups excluding carboxylic acids is 2. The predicted molar refractivity (Wildman–Crippen MR) is 119 cm³/mol. The second kappa shape index (κ2) is 9.34. The van der Waals surface area contributed by atoms with Gasteiger partial charge in [-0.2, -0.15) is 0 Å². The minimum absolute atomic E-state index is 0.0416. The Morgan fingerprint density at radius 2 is 1.77 bits per heavy atom. The zero-order valence-corrected chi connectivity index (χ0v) is 17.3. The molecule has 6 heteroatoms. The fraction of sp³-hybridized carbons (Fsp3) is 0.200. The molecule has 0 fully saturated rings. The number of amides is 2. The molecule has 0 saturated carbocycles. The number of hydrogen-bond acceptors (Lipinski definition) is 4. The molecule has 158 valence electrons. The molecule has 4 rings (SSSR count). The van der Waals surface area contributed by atoms with Gasteiger partial charge in [-0.25, -0.2) is 0 Å². The maximum atomic E-state index is 12.6. The average Bonchev–Trinajstić information content (AvgIpc) is 3.21. The van der Waals surface area contributed by atoms with Crippen LogP contribution in [0.2, 0.25) is 0 Å². The second-order valence-electron chi connectivity index (χ2n) is 7.36. The minimum Gasteiger partial charge on any atom is -0.497 e. The minimum atomic E-state index is -0.282. The van der Waals surface area contributed by atoms with Crippen LogP contribution >= 0.6 is 0 Å². The summed E-state index contributed by atoms with van der Waals surface area (Å²) in [6.45, 7) is -0.137. The molecule has 0 radical (unpaired) electrons. The molecule has 1 aliphatic carbocycles. The van der Waals surface area contributed by atoms with E-state index in [0.717, 1.165) is 12.8 Å². The molecule has 0 aromatic heterocycles. The number of rotatable bonds is 7. The first-order valence-corrected chi connectivity index (χ1v) is 10.2. The van der Waals surface area contributed by atoms with Crippen LogP contribution in [0.3, 0.4) is 0 Å². The van der Waals surface area contributed by atoms with Crippen LogP contribution in [0.15, 0.2) is 72.8 Å². The third-order valence-corrected chi connectivity index (χ3v) is 5.28. The lowest BCUT2D eigenvalue weighted by Gasteiger charge is -2.14. The maximum absolute atomic E-state index is 12.6. The molecule has 2 amide bonds. The Morgan fingerprint density at radius 1 is 0.968 bits per heavy atom. The predicted octanol–water partition coefficient (Wildman–Crippen LogP) is 4.13. The quantitative estimate of drug-likeness (QED) is 0.607. The highest BCUT2D eigenvalue weighted by Gasteiger charge is 2.23. The van der Waals surface area contributed by atoms with Gasteiger partial charge in [-0.3, -0.25) is 9.59 Å². The summed E-state index contributed by atoms with van der Waals surface area (Å²) in [5, 5.41) is 5.86. The molecule has 3 aromatic carbocycles. The summed E-state index contributed by atoms with van der Waals surface area (Å²) in [5.41, 5.74) is 3.67. The highest BCUT2D eigenvalue weighted by molar-refractivity contribution is 5.94. The lowest BCUT2D eigenvalue weighted by molar-refractivity contribution is -0.118. The molecule has 0 spiro atoms. The highest BCUT2D eigenvalue weighted by atomic mass is 16.5. The van der Waals surface area contributed by atoms with Crippen LogP contribution in [-0.2, 0) is 11.2 Å². The SMILES string of the molecule is COc1cccc(NC(=O)COc2ccc(C(=O)NC3CCc4ccccc43)cc2)c1. The Bertz CT molecular complexity index is 1080. The third-order valence-electron chi connectivity index (χ3n) is 5.28. The van der Waals surface area contributed by atoms with E-state index in [4.69, 9.17) is 9.47 Å². The lowest BCUT2D eigenvalue weighted by atomic mass is 10.1. The first-order chi connectivity index (χ1) is 15.1. The molecule has 0 bridgehead atoms. The van der Waals surface area contributed by atoms with Crippen molar-refractivity contribution in [3.8, 4) is 11.5 Å². The van der Waals surface area contributed by atoms with Crippen LogP contribution in [0.5, 0.6) is 11.5 Å². The Hall–Kier alpha value is -3.80. The van der Waals surface area contributed by atoms with Crippen molar-refractivity contribution in [2.24, 2.45) is 0 Å². The summed E-state index contributed by atoms with van der Waals surface area (Å²) >= 11 is 0. The van der Waals surface area contributed by atoms with E-state index >= 15 is 0 Å². The number of ether oxygens (including phenoxy) is 2. The van der Waals surface area contributed by atoms with Crippen molar-refractivity contribution >= 4 is 17.5 Å². The van der Waals surface area contributed by atoms with Crippen molar-refractivity contribution in [1.82, 2.24) is 5.32 Å². The van der Waals surface area contributed by atoms with Crippen LogP contribution < -0.4 is 20.1 Å². The van der Waals surface area contributed by atoms with E-state index in [1.165, 1.54) is 11.1 Å². The van der Waals surface area contributed by atoms with Gasteiger partial charge in [-0.1, -0.05) is 30.3 Å². The number of fused-ring (bicyclic) bond motifs is 1. The van der Waals surface area contributed by atoms with Crippen molar-refractivity contribution in [3.05, 3.63) is 89.5 Å². The van der Waals surface area contributed by atoms with Gasteiger partial charge in [0.2, 0.25) is 0 Å². The van der Waals surface area contributed by atoms with Crippen LogP contribution in [0, 0.1) is 0 Å². The molecular formula is C25H24N2O4. The molecule has 1 unspecified atom stereocenters. The number of hydrogen-bond donors (Lipinski definition) is 2. The van der Waals surface area contributed by atoms with E-state index in [0.29, 0.717) is 22.7 Å². The number of nitrogens with one attached hydrogen (secondary N) is 2. The molecular weight excluding hydrogens is 392 g/mol. The number of methoxy groups -OCH3 is 1. The number of benzene rings is 3. The standard InChI is InChI=1S/C25H24N2O4/c1-30-21-7-4-6-19(15-21)26-24(28)16-31-20-12-9-18(10-13-20)25(29)27-23-14-11-17-5-2-3-8-22(17)23/h2-10,12-13,15,23H,11,14,16H2,1H3,(H,26,28)(H,27,29). The Balaban J connectivity index is 1.29. The van der Waals surface area contributed by atoms with E-state index < -0.39 is 0 Å². The van der Waals surface area contributed by atoms with E-state index in [1.807, 2.05) is 12.1 Å². The fourth-order valence-electron chi connectivity index (χ4n) is 3.70. The summed E-state index contributed by atoms with van der Waals surface area (Å²) in [7, 11) is 1.57. The summed E-state index contributed by atoms with van der Waals surface area (Å²) in [4.78, 5) is 24.7. The average molecular weight is 416 g/mol. The van der Waals surface area contributed by atoms with Crippen molar-refractivity contribution in [2.45, 2.75) is 18.9 Å². The van der Waals surface area contributed by atoms with Gasteiger partial charge in [0.15, 0.2) is 6.61 Å². The monoisotopic (exact) mass is 416 g/mol. The van der Waals surface area contributed by atoms with Crippen LogP contribution in [-0.4, -0.2) is 25.5 Å². The first kappa shape index (κ1) is 20.5. The normalized spacial score (nSPS) is 14.4. The van der Waals surface area contributed by atoms with Crippen LogP contribution in [0.4, 0.5) is 5.69 Å². The van der Waals surface area contributed by atoms with Gasteiger partial charge in [0, 0.05) is 17.3 Å². The molecule has 0 heterocycles. The van der Waals surface area contributed by atoms with Gasteiger partial charge in [0.05, 0.1) is 13.2 Å². The van der Waals surface area contributed by atoms with Gasteiger partial charge < -0.3 is 20.1 Å². The van der Waals surface area contributed by atoms with Crippen molar-refractivity contribution in [2.75, 3.05) is 19.0 Å². The van der Waals surface area contributed by atoms with Crippen LogP contribution in [0.1, 0.15) is 33.9 Å². The van der Waals surface area contributed by atoms with E-state index in [1.54, 1.807) is 55.6 Å². The summed E-state index contributed by atoms with van der Waals surface area (Å²) in [6, 6.07) is 22.1. The zero-order chi connectivity index (χ0) is 21.6. The van der Waals surface area contributed by atoms with Gasteiger partial charge in [0.25, 0.3) is 11.8 Å². The molecule has 6 nitrogen and oxygen atoms in total. The van der Waals surface area contributed by atoms with Gasteiger partial charge in [0.1, 0.15) is 11.5 Å². The molecule has 1 aliphatic rings. The first-order valence-electron chi connectivity index (χ1n) is 10.2.